The number of benzene rings is 2. The van der Waals surface area contributed by atoms with Crippen molar-refractivity contribution in [3.63, 3.8) is 0 Å². The number of amides is 1. The summed E-state index contributed by atoms with van der Waals surface area (Å²) in [5, 5.41) is 10.6. The van der Waals surface area contributed by atoms with Crippen LogP contribution >= 0.6 is 50.9 Å². The van der Waals surface area contributed by atoms with Crippen molar-refractivity contribution in [1.29, 1.82) is 0 Å². The quantitative estimate of drug-likeness (QED) is 0.278. The van der Waals surface area contributed by atoms with Crippen LogP contribution in [0.3, 0.4) is 0 Å². The summed E-state index contributed by atoms with van der Waals surface area (Å²) in [6.07, 6.45) is 1.40. The number of halogens is 3. The van der Waals surface area contributed by atoms with Crippen LogP contribution in [0.25, 0.3) is 0 Å². The molecule has 0 aliphatic rings. The fraction of sp³-hybridized carbons (Fsp3) is 0.211. The molecule has 8 nitrogen and oxygen atoms in total. The molecule has 1 amide bonds. The Labute approximate surface area is 208 Å². The Balaban J connectivity index is 1.73. The number of nitrogens with one attached hydrogen (secondary N) is 2. The van der Waals surface area contributed by atoms with Crippen LogP contribution in [0.4, 0.5) is 0 Å². The maximum Gasteiger partial charge on any atom is 0.243 e. The minimum atomic E-state index is -3.97. The van der Waals surface area contributed by atoms with E-state index in [-0.39, 0.29) is 18.0 Å². The van der Waals surface area contributed by atoms with Crippen LogP contribution in [-0.4, -0.2) is 52.7 Å². The standard InChI is InChI=1S/C19H18BrCl2N5O3S2/c20-14-2-5-16(6-3-14)32(29,30)27(10-13-1-4-15(21)9-17(13)22)11-18(28)23-7-8-31-19-24-12-25-26-19/h1-6,9,12H,7-8,10-11H2,(H,23,28)(H,24,25,26). The van der Waals surface area contributed by atoms with E-state index in [9.17, 15) is 13.2 Å². The van der Waals surface area contributed by atoms with E-state index in [2.05, 4.69) is 36.4 Å². The first-order chi connectivity index (χ1) is 15.3. The summed E-state index contributed by atoms with van der Waals surface area (Å²) in [6, 6.07) is 11.0. The third-order valence-corrected chi connectivity index (χ3v) is 7.99. The molecule has 13 heteroatoms. The molecular formula is C19H18BrCl2N5O3S2. The molecular weight excluding hydrogens is 561 g/mol. The highest BCUT2D eigenvalue weighted by Gasteiger charge is 2.27. The molecule has 32 heavy (non-hydrogen) atoms. The number of hydrogen-bond acceptors (Lipinski definition) is 6. The Hall–Kier alpha value is -1.63. The zero-order chi connectivity index (χ0) is 23.1. The number of nitrogens with zero attached hydrogens (tertiary/aromatic N) is 3. The number of rotatable bonds is 10. The van der Waals surface area contributed by atoms with Gasteiger partial charge in [0.1, 0.15) is 6.33 Å². The van der Waals surface area contributed by atoms with Gasteiger partial charge in [0.2, 0.25) is 15.9 Å². The highest BCUT2D eigenvalue weighted by Crippen LogP contribution is 2.25. The van der Waals surface area contributed by atoms with Gasteiger partial charge in [0.05, 0.1) is 11.4 Å². The van der Waals surface area contributed by atoms with Gasteiger partial charge in [-0.05, 0) is 42.0 Å². The summed E-state index contributed by atoms with van der Waals surface area (Å²) in [5.74, 6) is 0.109. The number of H-pyrrole nitrogens is 1. The van der Waals surface area contributed by atoms with Gasteiger partial charge in [-0.15, -0.1) is 0 Å². The Morgan fingerprint density at radius 2 is 1.94 bits per heavy atom. The van der Waals surface area contributed by atoms with Crippen molar-refractivity contribution in [3.05, 3.63) is 68.9 Å². The summed E-state index contributed by atoms with van der Waals surface area (Å²) in [5.41, 5.74) is 0.533. The Kier molecular flexibility index (Phi) is 8.97. The van der Waals surface area contributed by atoms with Gasteiger partial charge in [0.15, 0.2) is 5.16 Å². The molecule has 2 aromatic carbocycles. The van der Waals surface area contributed by atoms with Crippen molar-refractivity contribution in [2.24, 2.45) is 0 Å². The highest BCUT2D eigenvalue weighted by molar-refractivity contribution is 9.10. The molecule has 0 saturated carbocycles. The number of aromatic nitrogens is 3. The third kappa shape index (κ3) is 6.93. The summed E-state index contributed by atoms with van der Waals surface area (Å²) in [4.78, 5) is 16.6. The van der Waals surface area contributed by atoms with E-state index in [4.69, 9.17) is 23.2 Å². The lowest BCUT2D eigenvalue weighted by molar-refractivity contribution is -0.121. The normalized spacial score (nSPS) is 11.6. The Bertz CT molecular complexity index is 1160. The van der Waals surface area contributed by atoms with Crippen molar-refractivity contribution in [3.8, 4) is 0 Å². The molecule has 0 radical (unpaired) electrons. The molecule has 1 heterocycles. The number of aromatic amines is 1. The predicted octanol–water partition coefficient (Wildman–Crippen LogP) is 3.97. The molecule has 3 aromatic rings. The van der Waals surface area contributed by atoms with E-state index in [0.29, 0.717) is 33.1 Å². The summed E-state index contributed by atoms with van der Waals surface area (Å²) >= 11 is 16.9. The second-order valence-corrected chi connectivity index (χ2v) is 11.2. The van der Waals surface area contributed by atoms with Crippen LogP contribution in [0.15, 0.2) is 63.3 Å². The van der Waals surface area contributed by atoms with E-state index in [0.717, 1.165) is 8.78 Å². The second kappa shape index (κ2) is 11.5. The summed E-state index contributed by atoms with van der Waals surface area (Å²) in [7, 11) is -3.97. The van der Waals surface area contributed by atoms with E-state index >= 15 is 0 Å². The van der Waals surface area contributed by atoms with Crippen molar-refractivity contribution >= 4 is 66.8 Å². The van der Waals surface area contributed by atoms with E-state index in [1.54, 1.807) is 24.3 Å². The number of sulfonamides is 1. The van der Waals surface area contributed by atoms with Crippen LogP contribution in [0, 0.1) is 0 Å². The lowest BCUT2D eigenvalue weighted by Crippen LogP contribution is -2.41. The molecule has 0 aliphatic heterocycles. The fourth-order valence-electron chi connectivity index (χ4n) is 2.64. The topological polar surface area (TPSA) is 108 Å². The van der Waals surface area contributed by atoms with Gasteiger partial charge in [-0.2, -0.15) is 9.40 Å². The minimum absolute atomic E-state index is 0.0689. The highest BCUT2D eigenvalue weighted by atomic mass is 79.9. The largest absolute Gasteiger partial charge is 0.354 e. The predicted molar refractivity (Wildman–Crippen MR) is 128 cm³/mol. The first kappa shape index (κ1) is 25.0. The molecule has 0 atom stereocenters. The first-order valence-corrected chi connectivity index (χ1v) is 13.2. The zero-order valence-corrected chi connectivity index (χ0v) is 21.2. The monoisotopic (exact) mass is 577 g/mol. The van der Waals surface area contributed by atoms with Gasteiger partial charge in [0.25, 0.3) is 0 Å². The van der Waals surface area contributed by atoms with E-state index in [1.807, 2.05) is 0 Å². The van der Waals surface area contributed by atoms with Gasteiger partial charge in [-0.25, -0.2) is 13.4 Å². The lowest BCUT2D eigenvalue weighted by atomic mass is 10.2. The van der Waals surface area contributed by atoms with Crippen LogP contribution < -0.4 is 5.32 Å². The molecule has 0 aliphatic carbocycles. The van der Waals surface area contributed by atoms with Crippen LogP contribution in [0.5, 0.6) is 0 Å². The van der Waals surface area contributed by atoms with E-state index in [1.165, 1.54) is 36.3 Å². The van der Waals surface area contributed by atoms with Crippen molar-refractivity contribution in [2.75, 3.05) is 18.8 Å². The molecule has 3 rings (SSSR count). The molecule has 0 spiro atoms. The molecule has 0 bridgehead atoms. The maximum absolute atomic E-state index is 13.3. The Morgan fingerprint density at radius 1 is 1.19 bits per heavy atom. The van der Waals surface area contributed by atoms with Crippen molar-refractivity contribution in [1.82, 2.24) is 24.8 Å². The zero-order valence-electron chi connectivity index (χ0n) is 16.5. The molecule has 0 fully saturated rings. The molecule has 170 valence electrons. The number of carbonyl (C=O) groups excluding carboxylic acids is 1. The molecule has 1 aromatic heterocycles. The number of hydrogen-bond donors (Lipinski definition) is 2. The van der Waals surface area contributed by atoms with Crippen LogP contribution in [-0.2, 0) is 21.4 Å². The first-order valence-electron chi connectivity index (χ1n) is 9.20. The Morgan fingerprint density at radius 3 is 2.59 bits per heavy atom. The van der Waals surface area contributed by atoms with Crippen LogP contribution in [0.1, 0.15) is 5.56 Å². The molecule has 0 unspecified atom stereocenters. The van der Waals surface area contributed by atoms with Gasteiger partial charge >= 0.3 is 0 Å². The smallest absolute Gasteiger partial charge is 0.243 e. The number of carbonyl (C=O) groups is 1. The average Bonchev–Trinajstić information content (AvgIpc) is 3.26. The molecule has 0 saturated heterocycles. The maximum atomic E-state index is 13.3. The van der Waals surface area contributed by atoms with E-state index < -0.39 is 15.9 Å². The van der Waals surface area contributed by atoms with Gasteiger partial charge in [0, 0.05) is 33.4 Å². The van der Waals surface area contributed by atoms with Gasteiger partial charge in [-0.1, -0.05) is 57.0 Å². The second-order valence-electron chi connectivity index (χ2n) is 6.45. The number of thioether (sulfide) groups is 1. The lowest BCUT2D eigenvalue weighted by Gasteiger charge is -2.22. The average molecular weight is 579 g/mol. The van der Waals surface area contributed by atoms with Crippen molar-refractivity contribution < 1.29 is 13.2 Å². The van der Waals surface area contributed by atoms with Gasteiger partial charge in [-0.3, -0.25) is 9.89 Å². The SMILES string of the molecule is O=C(CN(Cc1ccc(Cl)cc1Cl)S(=O)(=O)c1ccc(Br)cc1)NCCSc1ncn[nH]1. The fourth-order valence-corrected chi connectivity index (χ4v) is 5.38. The summed E-state index contributed by atoms with van der Waals surface area (Å²) in [6.45, 7) is -0.128. The van der Waals surface area contributed by atoms with Crippen LogP contribution in [0.2, 0.25) is 10.0 Å². The molecule has 2 N–H and O–H groups in total. The summed E-state index contributed by atoms with van der Waals surface area (Å²) < 4.78 is 28.4. The van der Waals surface area contributed by atoms with Crippen molar-refractivity contribution in [2.45, 2.75) is 16.6 Å². The van der Waals surface area contributed by atoms with Gasteiger partial charge < -0.3 is 5.32 Å². The minimum Gasteiger partial charge on any atom is -0.354 e. The third-order valence-electron chi connectivity index (χ3n) is 4.19.